The number of nitrogens with zero attached hydrogens (tertiary/aromatic N) is 2. The summed E-state index contributed by atoms with van der Waals surface area (Å²) >= 11 is 12.2. The van der Waals surface area contributed by atoms with Crippen LogP contribution >= 0.6 is 23.2 Å². The summed E-state index contributed by atoms with van der Waals surface area (Å²) in [4.78, 5) is 0.0358. The van der Waals surface area contributed by atoms with Gasteiger partial charge in [-0.1, -0.05) is 30.1 Å². The lowest BCUT2D eigenvalue weighted by atomic mass is 10.3. The van der Waals surface area contributed by atoms with Gasteiger partial charge in [0.2, 0.25) is 0 Å². The molecule has 1 aromatic carbocycles. The van der Waals surface area contributed by atoms with Gasteiger partial charge in [-0.25, -0.2) is 8.42 Å². The molecule has 0 fully saturated rings. The molecule has 8 heteroatoms. The first-order chi connectivity index (χ1) is 9.76. The van der Waals surface area contributed by atoms with Gasteiger partial charge in [0.25, 0.3) is 0 Å². The third kappa shape index (κ3) is 3.17. The number of benzene rings is 1. The fraction of sp³-hybridized carbons (Fsp3) is 0.308. The molecule has 0 aliphatic heterocycles. The molecule has 2 rings (SSSR count). The van der Waals surface area contributed by atoms with Crippen LogP contribution in [0, 0.1) is 0 Å². The second-order valence-electron chi connectivity index (χ2n) is 4.63. The van der Waals surface area contributed by atoms with Gasteiger partial charge in [0, 0.05) is 12.7 Å². The zero-order valence-corrected chi connectivity index (χ0v) is 13.9. The second-order valence-corrected chi connectivity index (χ2v) is 7.38. The number of halogens is 2. The highest BCUT2D eigenvalue weighted by atomic mass is 35.5. The molecule has 0 radical (unpaired) electrons. The zero-order valence-electron chi connectivity index (χ0n) is 11.6. The van der Waals surface area contributed by atoms with Crippen molar-refractivity contribution in [1.29, 1.82) is 0 Å². The Balaban J connectivity index is 2.45. The zero-order chi connectivity index (χ0) is 15.8. The molecule has 114 valence electrons. The van der Waals surface area contributed by atoms with Crippen molar-refractivity contribution >= 4 is 38.7 Å². The van der Waals surface area contributed by atoms with E-state index >= 15 is 0 Å². The largest absolute Gasteiger partial charge is 0.399 e. The third-order valence-electron chi connectivity index (χ3n) is 3.12. The number of sulfone groups is 1. The first-order valence-electron chi connectivity index (χ1n) is 6.24. The van der Waals surface area contributed by atoms with E-state index < -0.39 is 9.84 Å². The summed E-state index contributed by atoms with van der Waals surface area (Å²) in [5.74, 6) is -0.265. The van der Waals surface area contributed by atoms with Crippen molar-refractivity contribution in [2.24, 2.45) is 7.05 Å². The maximum Gasteiger partial charge on any atom is 0.185 e. The van der Waals surface area contributed by atoms with Gasteiger partial charge in [-0.2, -0.15) is 5.10 Å². The predicted octanol–water partition coefficient (Wildman–Crippen LogP) is 2.85. The first kappa shape index (κ1) is 16.1. The molecule has 5 nitrogen and oxygen atoms in total. The smallest absolute Gasteiger partial charge is 0.185 e. The van der Waals surface area contributed by atoms with Crippen molar-refractivity contribution in [2.75, 3.05) is 5.73 Å². The quantitative estimate of drug-likeness (QED) is 0.862. The molecule has 0 saturated heterocycles. The summed E-state index contributed by atoms with van der Waals surface area (Å²) < 4.78 is 26.5. The number of rotatable bonds is 4. The van der Waals surface area contributed by atoms with Crippen LogP contribution in [0.15, 0.2) is 23.1 Å². The summed E-state index contributed by atoms with van der Waals surface area (Å²) in [6.45, 7) is 1.91. The van der Waals surface area contributed by atoms with Crippen LogP contribution in [0.5, 0.6) is 0 Å². The Morgan fingerprint density at radius 2 is 2.00 bits per heavy atom. The van der Waals surface area contributed by atoms with E-state index in [0.717, 1.165) is 0 Å². The maximum absolute atomic E-state index is 12.5. The molecular weight excluding hydrogens is 333 g/mol. The fourth-order valence-electron chi connectivity index (χ4n) is 2.00. The standard InChI is InChI=1S/C13H15Cl2N3O2S/c1-3-10-13(15)11(18(2)17-10)7-21(19,20)12-5-4-8(16)6-9(12)14/h4-6H,3,7,16H2,1-2H3. The molecule has 1 aromatic heterocycles. The van der Waals surface area contributed by atoms with Gasteiger partial charge in [0.05, 0.1) is 32.1 Å². The number of anilines is 1. The molecule has 0 bridgehead atoms. The molecule has 0 amide bonds. The van der Waals surface area contributed by atoms with Gasteiger partial charge < -0.3 is 5.73 Å². The van der Waals surface area contributed by atoms with E-state index in [9.17, 15) is 8.42 Å². The highest BCUT2D eigenvalue weighted by Gasteiger charge is 2.24. The molecule has 2 aromatic rings. The lowest BCUT2D eigenvalue weighted by molar-refractivity contribution is 0.591. The van der Waals surface area contributed by atoms with Gasteiger partial charge in [0.15, 0.2) is 9.84 Å². The SMILES string of the molecule is CCc1nn(C)c(CS(=O)(=O)c2ccc(N)cc2Cl)c1Cl. The lowest BCUT2D eigenvalue weighted by Gasteiger charge is -2.08. The topological polar surface area (TPSA) is 78.0 Å². The Labute approximate surface area is 133 Å². The number of hydrogen-bond acceptors (Lipinski definition) is 4. The third-order valence-corrected chi connectivity index (χ3v) is 5.66. The number of nitrogen functional groups attached to an aromatic ring is 1. The van der Waals surface area contributed by atoms with Crippen LogP contribution in [-0.4, -0.2) is 18.2 Å². The molecule has 1 heterocycles. The average Bonchev–Trinajstić information content (AvgIpc) is 2.65. The number of aryl methyl sites for hydroxylation is 2. The van der Waals surface area contributed by atoms with Crippen LogP contribution in [0.25, 0.3) is 0 Å². The van der Waals surface area contributed by atoms with Crippen LogP contribution in [0.2, 0.25) is 10.0 Å². The van der Waals surface area contributed by atoms with Crippen molar-refractivity contribution in [1.82, 2.24) is 9.78 Å². The van der Waals surface area contributed by atoms with Crippen LogP contribution in [-0.2, 0) is 29.1 Å². The van der Waals surface area contributed by atoms with Gasteiger partial charge in [0.1, 0.15) is 0 Å². The van der Waals surface area contributed by atoms with E-state index in [-0.39, 0.29) is 15.7 Å². The van der Waals surface area contributed by atoms with Crippen LogP contribution in [0.4, 0.5) is 5.69 Å². The molecular formula is C13H15Cl2N3O2S. The summed E-state index contributed by atoms with van der Waals surface area (Å²) in [5, 5.41) is 4.70. The van der Waals surface area contributed by atoms with Crippen molar-refractivity contribution in [3.05, 3.63) is 39.6 Å². The van der Waals surface area contributed by atoms with Gasteiger partial charge in [-0.3, -0.25) is 4.68 Å². The van der Waals surface area contributed by atoms with Crippen LogP contribution in [0.1, 0.15) is 18.3 Å². The van der Waals surface area contributed by atoms with E-state index in [4.69, 9.17) is 28.9 Å². The Kier molecular flexibility index (Phi) is 4.51. The van der Waals surface area contributed by atoms with E-state index in [2.05, 4.69) is 5.10 Å². The summed E-state index contributed by atoms with van der Waals surface area (Å²) in [6.07, 6.45) is 0.634. The molecule has 0 aliphatic carbocycles. The maximum atomic E-state index is 12.5. The molecule has 0 saturated carbocycles. The number of hydrogen-bond donors (Lipinski definition) is 1. The second kappa shape index (κ2) is 5.87. The minimum Gasteiger partial charge on any atom is -0.399 e. The number of aromatic nitrogens is 2. The lowest BCUT2D eigenvalue weighted by Crippen LogP contribution is -2.10. The van der Waals surface area contributed by atoms with E-state index in [1.54, 1.807) is 7.05 Å². The van der Waals surface area contributed by atoms with E-state index in [1.807, 2.05) is 6.92 Å². The van der Waals surface area contributed by atoms with Gasteiger partial charge in [-0.15, -0.1) is 0 Å². The predicted molar refractivity (Wildman–Crippen MR) is 84.4 cm³/mol. The minimum absolute atomic E-state index is 0.0358. The van der Waals surface area contributed by atoms with Crippen LogP contribution < -0.4 is 5.73 Å². The first-order valence-corrected chi connectivity index (χ1v) is 8.65. The molecule has 0 atom stereocenters. The fourth-order valence-corrected chi connectivity index (χ4v) is 4.46. The normalized spacial score (nSPS) is 11.8. The monoisotopic (exact) mass is 347 g/mol. The molecule has 2 N–H and O–H groups in total. The van der Waals surface area contributed by atoms with Crippen molar-refractivity contribution in [3.8, 4) is 0 Å². The average molecular weight is 348 g/mol. The highest BCUT2D eigenvalue weighted by molar-refractivity contribution is 7.90. The summed E-state index contributed by atoms with van der Waals surface area (Å²) in [5.41, 5.74) is 7.11. The van der Waals surface area contributed by atoms with Crippen molar-refractivity contribution in [2.45, 2.75) is 24.0 Å². The Morgan fingerprint density at radius 3 is 2.52 bits per heavy atom. The highest BCUT2D eigenvalue weighted by Crippen LogP contribution is 2.29. The molecule has 0 aliphatic rings. The summed E-state index contributed by atoms with van der Waals surface area (Å²) in [7, 11) is -1.97. The van der Waals surface area contributed by atoms with E-state index in [0.29, 0.717) is 28.5 Å². The Hall–Kier alpha value is -1.24. The van der Waals surface area contributed by atoms with Crippen molar-refractivity contribution in [3.63, 3.8) is 0 Å². The Morgan fingerprint density at radius 1 is 1.33 bits per heavy atom. The Bertz CT molecular complexity index is 785. The number of nitrogens with two attached hydrogens (primary N) is 1. The van der Waals surface area contributed by atoms with Crippen LogP contribution in [0.3, 0.4) is 0 Å². The molecule has 0 unspecified atom stereocenters. The van der Waals surface area contributed by atoms with Gasteiger partial charge >= 0.3 is 0 Å². The van der Waals surface area contributed by atoms with E-state index in [1.165, 1.54) is 22.9 Å². The molecule has 21 heavy (non-hydrogen) atoms. The molecule has 0 spiro atoms. The van der Waals surface area contributed by atoms with Gasteiger partial charge in [-0.05, 0) is 24.6 Å². The minimum atomic E-state index is -3.63. The van der Waals surface area contributed by atoms with Crippen molar-refractivity contribution < 1.29 is 8.42 Å². The summed E-state index contributed by atoms with van der Waals surface area (Å²) in [6, 6.07) is 4.32.